The lowest BCUT2D eigenvalue weighted by molar-refractivity contribution is -0.138. The molecule has 0 bridgehead atoms. The van der Waals surface area contributed by atoms with Crippen LogP contribution < -0.4 is 0 Å². The minimum atomic E-state index is -4.61. The molecule has 0 radical (unpaired) electrons. The van der Waals surface area contributed by atoms with Crippen LogP contribution in [0.2, 0.25) is 0 Å². The van der Waals surface area contributed by atoms with Crippen molar-refractivity contribution in [1.29, 1.82) is 0 Å². The molecule has 1 amide bonds. The van der Waals surface area contributed by atoms with Crippen LogP contribution in [0, 0.1) is 0 Å². The molecule has 1 aliphatic heterocycles. The van der Waals surface area contributed by atoms with Gasteiger partial charge in [0.15, 0.2) is 5.82 Å². The number of carbonyl (C=O) groups excluding carboxylic acids is 1. The van der Waals surface area contributed by atoms with Gasteiger partial charge in [0, 0.05) is 32.6 Å². The van der Waals surface area contributed by atoms with Crippen LogP contribution in [0.1, 0.15) is 28.0 Å². The first kappa shape index (κ1) is 17.4. The van der Waals surface area contributed by atoms with Crippen LogP contribution in [0.25, 0.3) is 5.82 Å². The lowest BCUT2D eigenvalue weighted by Crippen LogP contribution is -2.35. The maximum absolute atomic E-state index is 13.3. The highest BCUT2D eigenvalue weighted by Gasteiger charge is 2.37. The summed E-state index contributed by atoms with van der Waals surface area (Å²) in [5.74, 6) is -0.660. The van der Waals surface area contributed by atoms with Crippen molar-refractivity contribution in [2.24, 2.45) is 0 Å². The van der Waals surface area contributed by atoms with E-state index in [9.17, 15) is 18.0 Å². The van der Waals surface area contributed by atoms with E-state index in [-0.39, 0.29) is 17.4 Å². The van der Waals surface area contributed by atoms with E-state index in [1.54, 1.807) is 11.0 Å². The number of rotatable bonds is 4. The van der Waals surface area contributed by atoms with E-state index in [4.69, 9.17) is 4.74 Å². The fourth-order valence-corrected chi connectivity index (χ4v) is 2.93. The third-order valence-electron chi connectivity index (χ3n) is 4.12. The van der Waals surface area contributed by atoms with Gasteiger partial charge in [-0.25, -0.2) is 9.97 Å². The van der Waals surface area contributed by atoms with Gasteiger partial charge in [0.05, 0.1) is 6.61 Å². The van der Waals surface area contributed by atoms with Gasteiger partial charge in [0.1, 0.15) is 17.6 Å². The number of aromatic nitrogens is 3. The highest BCUT2D eigenvalue weighted by Crippen LogP contribution is 2.33. The number of hydrogen-bond acceptors (Lipinski definition) is 4. The summed E-state index contributed by atoms with van der Waals surface area (Å²) in [4.78, 5) is 21.7. The predicted octanol–water partition coefficient (Wildman–Crippen LogP) is 2.32. The Bertz CT molecular complexity index is 773. The number of hydrogen-bond donors (Lipinski definition) is 0. The molecule has 0 saturated carbocycles. The molecule has 0 aliphatic carbocycles. The first-order chi connectivity index (χ1) is 11.9. The van der Waals surface area contributed by atoms with Gasteiger partial charge in [0.2, 0.25) is 0 Å². The lowest BCUT2D eigenvalue weighted by Gasteiger charge is -2.21. The number of nitrogens with zero attached hydrogens (tertiary/aromatic N) is 4. The summed E-state index contributed by atoms with van der Waals surface area (Å²) in [5.41, 5.74) is -0.0386. The number of amides is 1. The Morgan fingerprint density at radius 3 is 2.88 bits per heavy atom. The van der Waals surface area contributed by atoms with Crippen molar-refractivity contribution in [3.05, 3.63) is 41.6 Å². The van der Waals surface area contributed by atoms with Crippen molar-refractivity contribution in [3.63, 3.8) is 0 Å². The molecular weight excluding hydrogens is 337 g/mol. The lowest BCUT2D eigenvalue weighted by atomic mass is 10.1. The summed E-state index contributed by atoms with van der Waals surface area (Å²) < 4.78 is 46.1. The summed E-state index contributed by atoms with van der Waals surface area (Å²) in [6.07, 6.45) is -0.0387. The van der Waals surface area contributed by atoms with Crippen molar-refractivity contribution in [2.75, 3.05) is 26.8 Å². The fourth-order valence-electron chi connectivity index (χ4n) is 2.93. The van der Waals surface area contributed by atoms with Crippen LogP contribution in [-0.2, 0) is 17.3 Å². The summed E-state index contributed by atoms with van der Waals surface area (Å²) in [6.45, 7) is 1.28. The zero-order chi connectivity index (χ0) is 18.0. The molecule has 0 atom stereocenters. The molecule has 9 heteroatoms. The molecular formula is C16H17F3N4O2. The predicted molar refractivity (Wildman–Crippen MR) is 82.5 cm³/mol. The molecule has 0 spiro atoms. The molecule has 0 N–H and O–H groups in total. The second-order valence-corrected chi connectivity index (χ2v) is 5.71. The third-order valence-corrected chi connectivity index (χ3v) is 4.12. The Morgan fingerprint density at radius 1 is 1.36 bits per heavy atom. The number of halogens is 3. The number of aryl methyl sites for hydroxylation is 1. The van der Waals surface area contributed by atoms with Crippen molar-refractivity contribution in [1.82, 2.24) is 19.4 Å². The molecule has 3 rings (SSSR count). The smallest absolute Gasteiger partial charge is 0.383 e. The maximum atomic E-state index is 13.3. The number of methoxy groups -OCH3 is 1. The van der Waals surface area contributed by atoms with Gasteiger partial charge in [-0.15, -0.1) is 0 Å². The van der Waals surface area contributed by atoms with E-state index in [1.165, 1.54) is 17.9 Å². The fraction of sp³-hybridized carbons (Fsp3) is 0.438. The van der Waals surface area contributed by atoms with E-state index in [1.807, 2.05) is 0 Å². The molecule has 25 heavy (non-hydrogen) atoms. The molecule has 3 heterocycles. The monoisotopic (exact) mass is 354 g/mol. The first-order valence-electron chi connectivity index (χ1n) is 7.79. The summed E-state index contributed by atoms with van der Waals surface area (Å²) >= 11 is 0. The topological polar surface area (TPSA) is 60.2 Å². The Hall–Kier alpha value is -2.42. The first-order valence-corrected chi connectivity index (χ1v) is 7.79. The van der Waals surface area contributed by atoms with E-state index in [0.29, 0.717) is 26.1 Å². The minimum Gasteiger partial charge on any atom is -0.383 e. The number of alkyl halides is 3. The molecule has 0 saturated heterocycles. The van der Waals surface area contributed by atoms with Crippen molar-refractivity contribution >= 4 is 5.91 Å². The summed E-state index contributed by atoms with van der Waals surface area (Å²) in [5, 5.41) is 0. The Balaban J connectivity index is 2.08. The number of fused-ring (bicyclic) bond motifs is 1. The van der Waals surface area contributed by atoms with Gasteiger partial charge < -0.3 is 9.64 Å². The number of ether oxygens (including phenoxy) is 1. The SMILES string of the molecule is COCCN1CCCc2ccn(-c3ncncc3C(F)(F)F)c2C1=O. The largest absolute Gasteiger partial charge is 0.421 e. The Kier molecular flexibility index (Phi) is 4.76. The summed E-state index contributed by atoms with van der Waals surface area (Å²) in [6, 6.07) is 1.68. The van der Waals surface area contributed by atoms with E-state index < -0.39 is 11.7 Å². The van der Waals surface area contributed by atoms with Crippen LogP contribution >= 0.6 is 0 Å². The van der Waals surface area contributed by atoms with Gasteiger partial charge in [-0.3, -0.25) is 9.36 Å². The van der Waals surface area contributed by atoms with Gasteiger partial charge in [-0.2, -0.15) is 13.2 Å². The molecule has 134 valence electrons. The molecule has 0 aromatic carbocycles. The van der Waals surface area contributed by atoms with E-state index in [2.05, 4.69) is 9.97 Å². The van der Waals surface area contributed by atoms with Gasteiger partial charge in [-0.05, 0) is 24.5 Å². The molecule has 2 aromatic heterocycles. The third kappa shape index (κ3) is 3.37. The van der Waals surface area contributed by atoms with E-state index in [0.717, 1.165) is 24.5 Å². The van der Waals surface area contributed by atoms with E-state index >= 15 is 0 Å². The highest BCUT2D eigenvalue weighted by molar-refractivity contribution is 5.95. The average Bonchev–Trinajstić information content (AvgIpc) is 2.93. The average molecular weight is 354 g/mol. The molecule has 1 aliphatic rings. The molecule has 2 aromatic rings. The zero-order valence-electron chi connectivity index (χ0n) is 13.6. The van der Waals surface area contributed by atoms with Crippen molar-refractivity contribution < 1.29 is 22.7 Å². The Labute approximate surface area is 142 Å². The Morgan fingerprint density at radius 2 is 2.16 bits per heavy atom. The van der Waals surface area contributed by atoms with Gasteiger partial charge in [-0.1, -0.05) is 0 Å². The zero-order valence-corrected chi connectivity index (χ0v) is 13.6. The molecule has 0 fully saturated rings. The van der Waals surface area contributed by atoms with Crippen LogP contribution in [-0.4, -0.2) is 52.1 Å². The van der Waals surface area contributed by atoms with Crippen LogP contribution in [0.5, 0.6) is 0 Å². The highest BCUT2D eigenvalue weighted by atomic mass is 19.4. The van der Waals surface area contributed by atoms with Gasteiger partial charge in [0.25, 0.3) is 5.91 Å². The van der Waals surface area contributed by atoms with Gasteiger partial charge >= 0.3 is 6.18 Å². The standard InChI is InChI=1S/C16H17F3N4O2/c1-25-8-7-22-5-2-3-11-4-6-23(13(11)15(22)24)14-12(16(17,18)19)9-20-10-21-14/h4,6,9-10H,2-3,5,7-8H2,1H3. The van der Waals surface area contributed by atoms with Crippen LogP contribution in [0.4, 0.5) is 13.2 Å². The molecule has 0 unspecified atom stereocenters. The number of carbonyl (C=O) groups is 1. The quantitative estimate of drug-likeness (QED) is 0.846. The maximum Gasteiger partial charge on any atom is 0.421 e. The molecule has 6 nitrogen and oxygen atoms in total. The van der Waals surface area contributed by atoms with Crippen LogP contribution in [0.15, 0.2) is 24.8 Å². The summed E-state index contributed by atoms with van der Waals surface area (Å²) in [7, 11) is 1.53. The van der Waals surface area contributed by atoms with Crippen molar-refractivity contribution in [2.45, 2.75) is 19.0 Å². The van der Waals surface area contributed by atoms with Crippen LogP contribution in [0.3, 0.4) is 0 Å². The second-order valence-electron chi connectivity index (χ2n) is 5.71. The minimum absolute atomic E-state index is 0.220. The van der Waals surface area contributed by atoms with Crippen molar-refractivity contribution in [3.8, 4) is 5.82 Å². The second kappa shape index (κ2) is 6.83. The normalized spacial score (nSPS) is 15.2.